The number of ether oxygens (including phenoxy) is 1. The lowest BCUT2D eigenvalue weighted by Crippen LogP contribution is -2.08. The van der Waals surface area contributed by atoms with E-state index in [1.54, 1.807) is 0 Å². The van der Waals surface area contributed by atoms with Crippen molar-refractivity contribution in [2.24, 2.45) is 0 Å². The van der Waals surface area contributed by atoms with Gasteiger partial charge in [-0.1, -0.05) is 31.2 Å². The Morgan fingerprint density at radius 3 is 3.07 bits per heavy atom. The predicted molar refractivity (Wildman–Crippen MR) is 58.5 cm³/mol. The number of esters is 1. The fourth-order valence-corrected chi connectivity index (χ4v) is 2.06. The lowest BCUT2D eigenvalue weighted by Gasteiger charge is -2.12. The van der Waals surface area contributed by atoms with E-state index in [1.807, 2.05) is 19.1 Å². The number of hydrogen-bond acceptors (Lipinski definition) is 2. The quantitative estimate of drug-likeness (QED) is 0.707. The minimum absolute atomic E-state index is 0.000231. The minimum atomic E-state index is -0.0702. The van der Waals surface area contributed by atoms with Crippen molar-refractivity contribution in [3.63, 3.8) is 0 Å². The van der Waals surface area contributed by atoms with Gasteiger partial charge in [0.25, 0.3) is 0 Å². The van der Waals surface area contributed by atoms with Crippen molar-refractivity contribution in [1.29, 1.82) is 0 Å². The molecule has 0 spiro atoms. The van der Waals surface area contributed by atoms with Crippen LogP contribution in [0.5, 0.6) is 0 Å². The molecule has 0 aliphatic heterocycles. The van der Waals surface area contributed by atoms with Crippen molar-refractivity contribution in [3.05, 3.63) is 35.4 Å². The molecular formula is C13H16O2. The highest BCUT2D eigenvalue weighted by molar-refractivity contribution is 5.69. The van der Waals surface area contributed by atoms with Crippen LogP contribution < -0.4 is 0 Å². The summed E-state index contributed by atoms with van der Waals surface area (Å²) in [7, 11) is 0. The molecule has 0 heterocycles. The van der Waals surface area contributed by atoms with E-state index < -0.39 is 0 Å². The summed E-state index contributed by atoms with van der Waals surface area (Å²) in [5.74, 6) is -0.0702. The third-order valence-electron chi connectivity index (χ3n) is 2.81. The highest BCUT2D eigenvalue weighted by atomic mass is 16.5. The maximum atomic E-state index is 11.4. The van der Waals surface area contributed by atoms with Crippen LogP contribution in [0.1, 0.15) is 43.4 Å². The topological polar surface area (TPSA) is 26.3 Å². The SMILES string of the molecule is CCCC(=O)OC1CCc2ccccc21. The van der Waals surface area contributed by atoms with E-state index in [-0.39, 0.29) is 12.1 Å². The van der Waals surface area contributed by atoms with E-state index in [0.717, 1.165) is 19.3 Å². The minimum Gasteiger partial charge on any atom is -0.457 e. The fourth-order valence-electron chi connectivity index (χ4n) is 2.06. The van der Waals surface area contributed by atoms with Crippen molar-refractivity contribution in [2.45, 2.75) is 38.7 Å². The van der Waals surface area contributed by atoms with Crippen molar-refractivity contribution in [1.82, 2.24) is 0 Å². The van der Waals surface area contributed by atoms with E-state index in [1.165, 1.54) is 11.1 Å². The molecule has 0 fully saturated rings. The highest BCUT2D eigenvalue weighted by Gasteiger charge is 2.24. The smallest absolute Gasteiger partial charge is 0.306 e. The normalized spacial score (nSPS) is 18.6. The first-order valence-corrected chi connectivity index (χ1v) is 5.58. The molecule has 1 aliphatic carbocycles. The van der Waals surface area contributed by atoms with Crippen LogP contribution in [0, 0.1) is 0 Å². The van der Waals surface area contributed by atoms with Crippen LogP contribution in [0.4, 0.5) is 0 Å². The van der Waals surface area contributed by atoms with Crippen molar-refractivity contribution in [3.8, 4) is 0 Å². The van der Waals surface area contributed by atoms with Crippen molar-refractivity contribution < 1.29 is 9.53 Å². The molecule has 1 aliphatic rings. The van der Waals surface area contributed by atoms with E-state index >= 15 is 0 Å². The lowest BCUT2D eigenvalue weighted by molar-refractivity contribution is -0.149. The molecule has 1 aromatic rings. The number of aryl methyl sites for hydroxylation is 1. The maximum absolute atomic E-state index is 11.4. The van der Waals surface area contributed by atoms with Crippen molar-refractivity contribution in [2.75, 3.05) is 0 Å². The Hall–Kier alpha value is -1.31. The second kappa shape index (κ2) is 4.47. The average Bonchev–Trinajstić information content (AvgIpc) is 2.62. The molecule has 0 bridgehead atoms. The predicted octanol–water partition coefficient (Wildman–Crippen LogP) is 3.02. The van der Waals surface area contributed by atoms with E-state index in [2.05, 4.69) is 12.1 Å². The molecule has 0 saturated heterocycles. The molecule has 1 aromatic carbocycles. The Morgan fingerprint density at radius 1 is 1.47 bits per heavy atom. The molecule has 0 N–H and O–H groups in total. The zero-order valence-corrected chi connectivity index (χ0v) is 9.03. The number of carbonyl (C=O) groups is 1. The van der Waals surface area contributed by atoms with Crippen LogP contribution in [-0.4, -0.2) is 5.97 Å². The van der Waals surface area contributed by atoms with Crippen LogP contribution in [0.25, 0.3) is 0 Å². The second-order valence-corrected chi connectivity index (χ2v) is 3.97. The van der Waals surface area contributed by atoms with Gasteiger partial charge in [0.1, 0.15) is 6.10 Å². The Kier molecular flexibility index (Phi) is 3.05. The molecule has 15 heavy (non-hydrogen) atoms. The molecule has 1 unspecified atom stereocenters. The molecule has 2 rings (SSSR count). The average molecular weight is 204 g/mol. The third kappa shape index (κ3) is 2.20. The van der Waals surface area contributed by atoms with Crippen molar-refractivity contribution >= 4 is 5.97 Å². The van der Waals surface area contributed by atoms with Crippen LogP contribution in [0.2, 0.25) is 0 Å². The second-order valence-electron chi connectivity index (χ2n) is 3.97. The molecule has 2 nitrogen and oxygen atoms in total. The van der Waals surface area contributed by atoms with E-state index in [0.29, 0.717) is 6.42 Å². The molecule has 2 heteroatoms. The number of fused-ring (bicyclic) bond motifs is 1. The Morgan fingerprint density at radius 2 is 2.27 bits per heavy atom. The molecule has 0 saturated carbocycles. The highest BCUT2D eigenvalue weighted by Crippen LogP contribution is 2.33. The van der Waals surface area contributed by atoms with Gasteiger partial charge in [0, 0.05) is 6.42 Å². The summed E-state index contributed by atoms with van der Waals surface area (Å²) in [6.45, 7) is 1.99. The largest absolute Gasteiger partial charge is 0.457 e. The van der Waals surface area contributed by atoms with Gasteiger partial charge < -0.3 is 4.74 Å². The number of hydrogen-bond donors (Lipinski definition) is 0. The maximum Gasteiger partial charge on any atom is 0.306 e. The zero-order valence-electron chi connectivity index (χ0n) is 9.03. The van der Waals surface area contributed by atoms with Crippen LogP contribution >= 0.6 is 0 Å². The van der Waals surface area contributed by atoms with Gasteiger partial charge in [-0.15, -0.1) is 0 Å². The molecule has 0 radical (unpaired) electrons. The first-order chi connectivity index (χ1) is 7.31. The summed E-state index contributed by atoms with van der Waals surface area (Å²) in [5.41, 5.74) is 2.52. The summed E-state index contributed by atoms with van der Waals surface area (Å²) < 4.78 is 5.44. The van der Waals surface area contributed by atoms with Gasteiger partial charge in [0.05, 0.1) is 0 Å². The first kappa shape index (κ1) is 10.2. The van der Waals surface area contributed by atoms with Gasteiger partial charge in [0.2, 0.25) is 0 Å². The summed E-state index contributed by atoms with van der Waals surface area (Å²) in [6, 6.07) is 8.22. The number of rotatable bonds is 3. The molecule has 0 aromatic heterocycles. The van der Waals surface area contributed by atoms with E-state index in [9.17, 15) is 4.79 Å². The molecular weight excluding hydrogens is 188 g/mol. The van der Waals surface area contributed by atoms with Gasteiger partial charge in [-0.05, 0) is 30.4 Å². The third-order valence-corrected chi connectivity index (χ3v) is 2.81. The van der Waals surface area contributed by atoms with Gasteiger partial charge in [-0.3, -0.25) is 4.79 Å². The summed E-state index contributed by atoms with van der Waals surface area (Å²) in [5, 5.41) is 0. The summed E-state index contributed by atoms with van der Waals surface area (Å²) in [6.07, 6.45) is 3.35. The Bertz CT molecular complexity index is 357. The monoisotopic (exact) mass is 204 g/mol. The lowest BCUT2D eigenvalue weighted by atomic mass is 10.1. The summed E-state index contributed by atoms with van der Waals surface area (Å²) in [4.78, 5) is 11.4. The fraction of sp³-hybridized carbons (Fsp3) is 0.462. The molecule has 0 amide bonds. The molecule has 80 valence electrons. The van der Waals surface area contributed by atoms with Gasteiger partial charge in [0.15, 0.2) is 0 Å². The summed E-state index contributed by atoms with van der Waals surface area (Å²) >= 11 is 0. The number of carbonyl (C=O) groups excluding carboxylic acids is 1. The van der Waals surface area contributed by atoms with Gasteiger partial charge in [-0.2, -0.15) is 0 Å². The van der Waals surface area contributed by atoms with Crippen LogP contribution in [0.3, 0.4) is 0 Å². The van der Waals surface area contributed by atoms with Crippen LogP contribution in [0.15, 0.2) is 24.3 Å². The number of benzene rings is 1. The Labute approximate surface area is 90.3 Å². The van der Waals surface area contributed by atoms with Crippen LogP contribution in [-0.2, 0) is 16.0 Å². The van der Waals surface area contributed by atoms with Gasteiger partial charge >= 0.3 is 5.97 Å². The molecule has 1 atom stereocenters. The van der Waals surface area contributed by atoms with Gasteiger partial charge in [-0.25, -0.2) is 0 Å². The standard InChI is InChI=1S/C13H16O2/c1-2-5-13(14)15-12-9-8-10-6-3-4-7-11(10)12/h3-4,6-7,12H,2,5,8-9H2,1H3. The van der Waals surface area contributed by atoms with E-state index in [4.69, 9.17) is 4.74 Å². The first-order valence-electron chi connectivity index (χ1n) is 5.58. The Balaban J connectivity index is 2.04. The zero-order chi connectivity index (χ0) is 10.7.